The fraction of sp³-hybridized carbons (Fsp3) is 0.263. The van der Waals surface area contributed by atoms with Crippen LogP contribution in [0.4, 0.5) is 16.5 Å². The van der Waals surface area contributed by atoms with E-state index in [4.69, 9.17) is 5.11 Å². The Bertz CT molecular complexity index is 1400. The number of hydrogen-bond acceptors (Lipinski definition) is 11. The van der Waals surface area contributed by atoms with Crippen LogP contribution >= 0.6 is 11.3 Å². The minimum absolute atomic E-state index is 0.0346. The summed E-state index contributed by atoms with van der Waals surface area (Å²) in [5, 5.41) is 44.9. The number of aliphatic hydroxyl groups excluding tert-OH is 1. The second kappa shape index (κ2) is 9.86. The molecule has 0 fully saturated rings. The molecule has 12 nitrogen and oxygen atoms in total. The number of aliphatic hydroxyl groups is 1. The molecule has 0 aliphatic carbocycles. The Labute approximate surface area is 192 Å². The topological polar surface area (TPSA) is 183 Å². The third-order valence-electron chi connectivity index (χ3n) is 4.50. The number of rotatable bonds is 8. The molecule has 0 radical (unpaired) electrons. The fourth-order valence-electron chi connectivity index (χ4n) is 2.78. The van der Waals surface area contributed by atoms with Crippen molar-refractivity contribution in [2.45, 2.75) is 31.7 Å². The van der Waals surface area contributed by atoms with Crippen LogP contribution in [0, 0.1) is 18.3 Å². The van der Waals surface area contributed by atoms with Crippen LogP contribution in [0.5, 0.6) is 5.88 Å². The molecule has 0 unspecified atom stereocenters. The molecule has 0 saturated carbocycles. The van der Waals surface area contributed by atoms with E-state index in [1.54, 1.807) is 6.07 Å². The number of aromatic hydroxyl groups is 1. The van der Waals surface area contributed by atoms with Crippen molar-refractivity contribution in [1.82, 2.24) is 14.8 Å². The highest BCUT2D eigenvalue weighted by molar-refractivity contribution is 7.93. The van der Waals surface area contributed by atoms with E-state index in [1.807, 2.05) is 6.92 Å². The van der Waals surface area contributed by atoms with Crippen LogP contribution in [0.1, 0.15) is 23.1 Å². The molecule has 3 aromatic rings. The first-order valence-electron chi connectivity index (χ1n) is 9.56. The molecule has 0 aliphatic heterocycles. The lowest BCUT2D eigenvalue weighted by Gasteiger charge is -2.11. The zero-order valence-corrected chi connectivity index (χ0v) is 19.2. The molecule has 2 heterocycles. The van der Waals surface area contributed by atoms with E-state index < -0.39 is 28.1 Å². The molecule has 172 valence electrons. The maximum Gasteiger partial charge on any atom is 0.281 e. The summed E-state index contributed by atoms with van der Waals surface area (Å²) in [6.45, 7) is 2.67. The van der Waals surface area contributed by atoms with Crippen molar-refractivity contribution in [1.29, 1.82) is 5.26 Å². The van der Waals surface area contributed by atoms with E-state index >= 15 is 0 Å². The minimum Gasteiger partial charge on any atom is -0.493 e. The van der Waals surface area contributed by atoms with Gasteiger partial charge in [-0.05, 0) is 37.6 Å². The van der Waals surface area contributed by atoms with Crippen molar-refractivity contribution in [2.24, 2.45) is 10.2 Å². The Morgan fingerprint density at radius 3 is 2.52 bits per heavy atom. The molecule has 1 aromatic carbocycles. The number of pyridine rings is 1. The van der Waals surface area contributed by atoms with E-state index in [1.165, 1.54) is 31.2 Å². The molecule has 14 heteroatoms. The van der Waals surface area contributed by atoms with Gasteiger partial charge in [0, 0.05) is 5.56 Å². The summed E-state index contributed by atoms with van der Waals surface area (Å²) in [5.41, 5.74) is -0.692. The van der Waals surface area contributed by atoms with Gasteiger partial charge < -0.3 is 10.2 Å². The van der Waals surface area contributed by atoms with E-state index in [0.717, 1.165) is 15.9 Å². The number of nitrogens with one attached hydrogen (secondary N) is 1. The van der Waals surface area contributed by atoms with Crippen LogP contribution in [-0.4, -0.2) is 40.0 Å². The summed E-state index contributed by atoms with van der Waals surface area (Å²) >= 11 is 1.14. The van der Waals surface area contributed by atoms with Crippen molar-refractivity contribution >= 4 is 37.9 Å². The van der Waals surface area contributed by atoms with Gasteiger partial charge in [0.2, 0.25) is 11.0 Å². The Morgan fingerprint density at radius 2 is 1.94 bits per heavy atom. The summed E-state index contributed by atoms with van der Waals surface area (Å²) in [5.74, 6) is -0.559. The van der Waals surface area contributed by atoms with Crippen molar-refractivity contribution in [3.8, 4) is 11.9 Å². The summed E-state index contributed by atoms with van der Waals surface area (Å²) in [7, 11) is -3.89. The van der Waals surface area contributed by atoms with Gasteiger partial charge in [0.05, 0.1) is 23.7 Å². The summed E-state index contributed by atoms with van der Waals surface area (Å²) in [4.78, 5) is 12.6. The SMILES string of the molecule is CCc1nnc(NS(=O)(=O)c2ccc(N=Nc3c(C)c(C#N)c(O)n(CCO)c3=O)cc2)s1. The lowest BCUT2D eigenvalue weighted by atomic mass is 10.1. The standard InChI is InChI=1S/C19H19N7O5S2/c1-3-15-22-24-19(32-15)25-33(30,31)13-6-4-12(5-7-13)21-23-16-11(2)14(10-20)17(28)26(8-9-27)18(16)29/h4-7,27-28H,3,8-9H2,1-2H3,(H,24,25). The van der Waals surface area contributed by atoms with Crippen LogP contribution in [-0.2, 0) is 23.0 Å². The van der Waals surface area contributed by atoms with Gasteiger partial charge in [-0.2, -0.15) is 10.4 Å². The number of benzene rings is 1. The first-order valence-corrected chi connectivity index (χ1v) is 11.9. The monoisotopic (exact) mass is 489 g/mol. The Balaban J connectivity index is 1.88. The Morgan fingerprint density at radius 1 is 1.24 bits per heavy atom. The number of nitriles is 1. The van der Waals surface area contributed by atoms with Gasteiger partial charge in [-0.25, -0.2) is 8.42 Å². The summed E-state index contributed by atoms with van der Waals surface area (Å²) in [6, 6.07) is 7.21. The van der Waals surface area contributed by atoms with Crippen molar-refractivity contribution in [2.75, 3.05) is 11.3 Å². The largest absolute Gasteiger partial charge is 0.493 e. The number of anilines is 1. The van der Waals surface area contributed by atoms with Gasteiger partial charge in [-0.15, -0.1) is 15.3 Å². The second-order valence-corrected chi connectivity index (χ2v) is 9.36. The van der Waals surface area contributed by atoms with Gasteiger partial charge in [0.15, 0.2) is 5.69 Å². The average molecular weight is 490 g/mol. The van der Waals surface area contributed by atoms with Gasteiger partial charge in [-0.1, -0.05) is 18.3 Å². The van der Waals surface area contributed by atoms with E-state index in [-0.39, 0.29) is 39.1 Å². The number of sulfonamides is 1. The maximum atomic E-state index is 12.6. The Kier molecular flexibility index (Phi) is 7.16. The molecule has 0 spiro atoms. The van der Waals surface area contributed by atoms with E-state index in [2.05, 4.69) is 25.1 Å². The third-order valence-corrected chi connectivity index (χ3v) is 6.96. The lowest BCUT2D eigenvalue weighted by molar-refractivity contribution is 0.263. The maximum absolute atomic E-state index is 12.6. The average Bonchev–Trinajstić information content (AvgIpc) is 3.24. The zero-order chi connectivity index (χ0) is 24.2. The highest BCUT2D eigenvalue weighted by Crippen LogP contribution is 2.27. The quantitative estimate of drug-likeness (QED) is 0.403. The van der Waals surface area contributed by atoms with Crippen LogP contribution in [0.25, 0.3) is 0 Å². The molecular weight excluding hydrogens is 470 g/mol. The van der Waals surface area contributed by atoms with Gasteiger partial charge in [-0.3, -0.25) is 14.1 Å². The predicted molar refractivity (Wildman–Crippen MR) is 120 cm³/mol. The number of nitrogens with zero attached hydrogens (tertiary/aromatic N) is 6. The molecule has 0 aliphatic rings. The van der Waals surface area contributed by atoms with Crippen LogP contribution in [0.15, 0.2) is 44.2 Å². The van der Waals surface area contributed by atoms with Crippen LogP contribution in [0.3, 0.4) is 0 Å². The van der Waals surface area contributed by atoms with Crippen LogP contribution in [0.2, 0.25) is 0 Å². The minimum atomic E-state index is -3.89. The third kappa shape index (κ3) is 5.06. The molecule has 0 saturated heterocycles. The first kappa shape index (κ1) is 24.0. The number of aryl methyl sites for hydroxylation is 1. The molecule has 0 bridgehead atoms. The van der Waals surface area contributed by atoms with Gasteiger partial charge in [0.1, 0.15) is 16.6 Å². The molecule has 0 atom stereocenters. The molecule has 3 rings (SSSR count). The van der Waals surface area contributed by atoms with Gasteiger partial charge in [0.25, 0.3) is 15.6 Å². The predicted octanol–water partition coefficient (Wildman–Crippen LogP) is 2.36. The molecule has 0 amide bonds. The Hall–Kier alpha value is -3.67. The van der Waals surface area contributed by atoms with Crippen molar-refractivity contribution < 1.29 is 18.6 Å². The van der Waals surface area contributed by atoms with Gasteiger partial charge >= 0.3 is 0 Å². The molecule has 2 aromatic heterocycles. The first-order chi connectivity index (χ1) is 15.7. The second-order valence-electron chi connectivity index (χ2n) is 6.62. The number of aromatic nitrogens is 3. The molecule has 33 heavy (non-hydrogen) atoms. The van der Waals surface area contributed by atoms with E-state index in [0.29, 0.717) is 11.4 Å². The highest BCUT2D eigenvalue weighted by atomic mass is 32.2. The summed E-state index contributed by atoms with van der Waals surface area (Å²) < 4.78 is 28.3. The number of azo groups is 1. The normalized spacial score (nSPS) is 11.6. The van der Waals surface area contributed by atoms with E-state index in [9.17, 15) is 23.6 Å². The fourth-order valence-corrected chi connectivity index (χ4v) is 4.69. The number of hydrogen-bond donors (Lipinski definition) is 3. The molecule has 3 N–H and O–H groups in total. The van der Waals surface area contributed by atoms with Crippen molar-refractivity contribution in [3.05, 3.63) is 50.8 Å². The highest BCUT2D eigenvalue weighted by Gasteiger charge is 2.19. The lowest BCUT2D eigenvalue weighted by Crippen LogP contribution is -2.23. The summed E-state index contributed by atoms with van der Waals surface area (Å²) in [6.07, 6.45) is 0.639. The van der Waals surface area contributed by atoms with Crippen molar-refractivity contribution in [3.63, 3.8) is 0 Å². The smallest absolute Gasteiger partial charge is 0.281 e. The molecular formula is C19H19N7O5S2. The zero-order valence-electron chi connectivity index (χ0n) is 17.5. The van der Waals surface area contributed by atoms with Crippen LogP contribution < -0.4 is 10.3 Å².